The maximum atomic E-state index is 13.0. The van der Waals surface area contributed by atoms with Gasteiger partial charge < -0.3 is 9.88 Å². The quantitative estimate of drug-likeness (QED) is 0.878. The molecule has 96 valence electrons. The van der Waals surface area contributed by atoms with E-state index in [2.05, 4.69) is 17.2 Å². The number of rotatable bonds is 5. The number of aromatic nitrogens is 2. The van der Waals surface area contributed by atoms with Crippen molar-refractivity contribution in [1.82, 2.24) is 14.9 Å². The minimum Gasteiger partial charge on any atom is -0.337 e. The molecule has 4 heteroatoms. The lowest BCUT2D eigenvalue weighted by Gasteiger charge is -2.13. The number of imidazole rings is 1. The molecule has 2 rings (SSSR count). The van der Waals surface area contributed by atoms with E-state index in [1.165, 1.54) is 6.07 Å². The van der Waals surface area contributed by atoms with Crippen LogP contribution in [0.2, 0.25) is 0 Å². The average Bonchev–Trinajstić information content (AvgIpc) is 2.72. The number of aryl methyl sites for hydroxylation is 1. The van der Waals surface area contributed by atoms with Crippen LogP contribution in [0.4, 0.5) is 4.39 Å². The van der Waals surface area contributed by atoms with Crippen molar-refractivity contribution in [3.63, 3.8) is 0 Å². The first kappa shape index (κ1) is 12.8. The highest BCUT2D eigenvalue weighted by Crippen LogP contribution is 2.06. The van der Waals surface area contributed by atoms with E-state index >= 15 is 0 Å². The molecule has 1 aromatic carbocycles. The smallest absolute Gasteiger partial charge is 0.123 e. The predicted octanol–water partition coefficient (Wildman–Crippen LogP) is 2.28. The Hall–Kier alpha value is -1.68. The molecule has 0 radical (unpaired) electrons. The summed E-state index contributed by atoms with van der Waals surface area (Å²) in [7, 11) is 1.97. The minimum absolute atomic E-state index is 0.177. The second-order valence-corrected chi connectivity index (χ2v) is 4.57. The first-order valence-corrected chi connectivity index (χ1v) is 6.09. The Labute approximate surface area is 107 Å². The normalized spacial score (nSPS) is 12.6. The summed E-state index contributed by atoms with van der Waals surface area (Å²) >= 11 is 0. The molecule has 0 saturated carbocycles. The molecule has 3 nitrogen and oxygen atoms in total. The lowest BCUT2D eigenvalue weighted by molar-refractivity contribution is 0.524. The van der Waals surface area contributed by atoms with Gasteiger partial charge >= 0.3 is 0 Å². The number of hydrogen-bond donors (Lipinski definition) is 1. The SMILES string of the molecule is CC(Cc1cccc(F)c1)NCc1nccn1C. The largest absolute Gasteiger partial charge is 0.337 e. The molecule has 0 aliphatic carbocycles. The van der Waals surface area contributed by atoms with E-state index in [0.717, 1.165) is 24.4 Å². The zero-order valence-electron chi connectivity index (χ0n) is 10.7. The fraction of sp³-hybridized carbons (Fsp3) is 0.357. The van der Waals surface area contributed by atoms with Crippen LogP contribution in [0, 0.1) is 5.82 Å². The molecule has 0 saturated heterocycles. The molecule has 18 heavy (non-hydrogen) atoms. The summed E-state index contributed by atoms with van der Waals surface area (Å²) in [6, 6.07) is 7.02. The van der Waals surface area contributed by atoms with Crippen molar-refractivity contribution in [2.45, 2.75) is 25.9 Å². The highest BCUT2D eigenvalue weighted by Gasteiger charge is 2.05. The van der Waals surface area contributed by atoms with Crippen LogP contribution >= 0.6 is 0 Å². The molecular formula is C14H18FN3. The van der Waals surface area contributed by atoms with E-state index < -0.39 is 0 Å². The van der Waals surface area contributed by atoms with Gasteiger partial charge in [-0.2, -0.15) is 0 Å². The molecule has 0 aliphatic rings. The van der Waals surface area contributed by atoms with Crippen LogP contribution in [-0.4, -0.2) is 15.6 Å². The van der Waals surface area contributed by atoms with Gasteiger partial charge in [-0.05, 0) is 31.0 Å². The van der Waals surface area contributed by atoms with Crippen molar-refractivity contribution in [2.24, 2.45) is 7.05 Å². The summed E-state index contributed by atoms with van der Waals surface area (Å²) in [5.41, 5.74) is 1.01. The van der Waals surface area contributed by atoms with Crippen LogP contribution < -0.4 is 5.32 Å². The molecule has 1 atom stereocenters. The van der Waals surface area contributed by atoms with Crippen molar-refractivity contribution < 1.29 is 4.39 Å². The first-order valence-electron chi connectivity index (χ1n) is 6.09. The molecule has 0 amide bonds. The monoisotopic (exact) mass is 247 g/mol. The van der Waals surface area contributed by atoms with E-state index in [9.17, 15) is 4.39 Å². The van der Waals surface area contributed by atoms with Gasteiger partial charge in [-0.3, -0.25) is 0 Å². The molecule has 1 aromatic heterocycles. The van der Waals surface area contributed by atoms with Crippen molar-refractivity contribution in [1.29, 1.82) is 0 Å². The van der Waals surface area contributed by atoms with Crippen molar-refractivity contribution >= 4 is 0 Å². The van der Waals surface area contributed by atoms with Crippen molar-refractivity contribution in [3.05, 3.63) is 53.9 Å². The maximum Gasteiger partial charge on any atom is 0.123 e. The Morgan fingerprint density at radius 2 is 2.28 bits per heavy atom. The van der Waals surface area contributed by atoms with Crippen LogP contribution in [-0.2, 0) is 20.0 Å². The molecule has 1 unspecified atom stereocenters. The molecule has 2 aromatic rings. The summed E-state index contributed by atoms with van der Waals surface area (Å²) < 4.78 is 15.0. The lowest BCUT2D eigenvalue weighted by Crippen LogP contribution is -2.28. The standard InChI is InChI=1S/C14H18FN3/c1-11(8-12-4-3-5-13(15)9-12)17-10-14-16-6-7-18(14)2/h3-7,9,11,17H,8,10H2,1-2H3. The van der Waals surface area contributed by atoms with Gasteiger partial charge in [0.15, 0.2) is 0 Å². The zero-order valence-corrected chi connectivity index (χ0v) is 10.7. The van der Waals surface area contributed by atoms with E-state index in [1.54, 1.807) is 18.3 Å². The van der Waals surface area contributed by atoms with Crippen LogP contribution in [0.3, 0.4) is 0 Å². The molecule has 0 spiro atoms. The number of halogens is 1. The topological polar surface area (TPSA) is 29.9 Å². The Morgan fingerprint density at radius 1 is 1.44 bits per heavy atom. The van der Waals surface area contributed by atoms with E-state index in [-0.39, 0.29) is 11.9 Å². The Bertz CT molecular complexity index is 507. The van der Waals surface area contributed by atoms with Gasteiger partial charge in [0, 0.05) is 25.5 Å². The van der Waals surface area contributed by atoms with Crippen LogP contribution in [0.5, 0.6) is 0 Å². The van der Waals surface area contributed by atoms with Crippen LogP contribution in [0.15, 0.2) is 36.7 Å². The minimum atomic E-state index is -0.177. The second kappa shape index (κ2) is 5.78. The van der Waals surface area contributed by atoms with Gasteiger partial charge in [-0.25, -0.2) is 9.37 Å². The van der Waals surface area contributed by atoms with Gasteiger partial charge in [0.25, 0.3) is 0 Å². The van der Waals surface area contributed by atoms with Gasteiger partial charge in [0.2, 0.25) is 0 Å². The third-order valence-corrected chi connectivity index (χ3v) is 2.96. The van der Waals surface area contributed by atoms with Gasteiger partial charge in [-0.1, -0.05) is 12.1 Å². The highest BCUT2D eigenvalue weighted by atomic mass is 19.1. The van der Waals surface area contributed by atoms with Crippen molar-refractivity contribution in [3.8, 4) is 0 Å². The predicted molar refractivity (Wildman–Crippen MR) is 69.6 cm³/mol. The number of benzene rings is 1. The molecular weight excluding hydrogens is 229 g/mol. The maximum absolute atomic E-state index is 13.0. The van der Waals surface area contributed by atoms with Crippen LogP contribution in [0.1, 0.15) is 18.3 Å². The van der Waals surface area contributed by atoms with Crippen molar-refractivity contribution in [2.75, 3.05) is 0 Å². The fourth-order valence-electron chi connectivity index (χ4n) is 1.92. The van der Waals surface area contributed by atoms with E-state index in [4.69, 9.17) is 0 Å². The lowest BCUT2D eigenvalue weighted by atomic mass is 10.1. The molecule has 1 N–H and O–H groups in total. The van der Waals surface area contributed by atoms with Gasteiger partial charge in [0.05, 0.1) is 6.54 Å². The average molecular weight is 247 g/mol. The third-order valence-electron chi connectivity index (χ3n) is 2.96. The summed E-state index contributed by atoms with van der Waals surface area (Å²) in [5, 5.41) is 3.39. The highest BCUT2D eigenvalue weighted by molar-refractivity contribution is 5.17. The molecule has 1 heterocycles. The fourth-order valence-corrected chi connectivity index (χ4v) is 1.92. The zero-order chi connectivity index (χ0) is 13.0. The second-order valence-electron chi connectivity index (χ2n) is 4.57. The summed E-state index contributed by atoms with van der Waals surface area (Å²) in [6.07, 6.45) is 4.52. The summed E-state index contributed by atoms with van der Waals surface area (Å²) in [6.45, 7) is 2.81. The Morgan fingerprint density at radius 3 is 2.94 bits per heavy atom. The molecule has 0 bridgehead atoms. The Kier molecular flexibility index (Phi) is 4.10. The first-order chi connectivity index (χ1) is 8.65. The van der Waals surface area contributed by atoms with Crippen LogP contribution in [0.25, 0.3) is 0 Å². The Balaban J connectivity index is 1.86. The summed E-state index contributed by atoms with van der Waals surface area (Å²) in [4.78, 5) is 4.25. The van der Waals surface area contributed by atoms with E-state index in [0.29, 0.717) is 0 Å². The van der Waals surface area contributed by atoms with E-state index in [1.807, 2.05) is 23.9 Å². The summed E-state index contributed by atoms with van der Waals surface area (Å²) in [5.74, 6) is 0.824. The number of nitrogens with one attached hydrogen (secondary N) is 1. The van der Waals surface area contributed by atoms with Gasteiger partial charge in [-0.15, -0.1) is 0 Å². The number of hydrogen-bond acceptors (Lipinski definition) is 2. The van der Waals surface area contributed by atoms with Gasteiger partial charge in [0.1, 0.15) is 11.6 Å². The molecule has 0 aliphatic heterocycles. The third kappa shape index (κ3) is 3.40. The number of nitrogens with zero attached hydrogens (tertiary/aromatic N) is 2. The molecule has 0 fully saturated rings.